The van der Waals surface area contributed by atoms with Crippen LogP contribution in [0, 0.1) is 0 Å². The first-order chi connectivity index (χ1) is 7.49. The Balaban J connectivity index is 3.56. The van der Waals surface area contributed by atoms with E-state index in [2.05, 4.69) is 6.58 Å². The summed E-state index contributed by atoms with van der Waals surface area (Å²) in [5, 5.41) is 0. The average molecular weight is 260 g/mol. The van der Waals surface area contributed by atoms with Gasteiger partial charge in [0.15, 0.2) is 27.9 Å². The van der Waals surface area contributed by atoms with Crippen LogP contribution in [0.5, 0.6) is 0 Å². The van der Waals surface area contributed by atoms with Crippen LogP contribution in [0.3, 0.4) is 0 Å². The molecule has 0 spiro atoms. The summed E-state index contributed by atoms with van der Waals surface area (Å²) in [5.74, 6) is -0.579. The number of hydrogen-bond acceptors (Lipinski definition) is 3. The van der Waals surface area contributed by atoms with E-state index >= 15 is 0 Å². The van der Waals surface area contributed by atoms with Crippen molar-refractivity contribution in [3.05, 3.63) is 36.4 Å². The molecule has 0 aromatic heterocycles. The summed E-state index contributed by atoms with van der Waals surface area (Å²) in [6, 6.07) is 3.86. The molecule has 0 aliphatic carbocycles. The molecule has 0 bridgehead atoms. The molecule has 16 heavy (non-hydrogen) atoms. The summed E-state index contributed by atoms with van der Waals surface area (Å²) in [6.45, 7) is 3.24. The Labute approximate surface area is 96.8 Å². The van der Waals surface area contributed by atoms with Crippen LogP contribution in [0.25, 0.3) is 0 Å². The summed E-state index contributed by atoms with van der Waals surface area (Å²) in [7, 11) is 0. The fraction of sp³-hybridized carbons (Fsp3) is 0. The first-order valence-corrected chi connectivity index (χ1v) is 6.22. The minimum atomic E-state index is -2.52. The highest BCUT2D eigenvalue weighted by Crippen LogP contribution is 2.21. The van der Waals surface area contributed by atoms with Gasteiger partial charge in [0.25, 0.3) is 0 Å². The van der Waals surface area contributed by atoms with Crippen LogP contribution < -0.4 is 0 Å². The largest absolute Gasteiger partial charge is 0.302 e. The van der Waals surface area contributed by atoms with Crippen molar-refractivity contribution in [2.75, 3.05) is 0 Å². The molecule has 7 heteroatoms. The predicted molar refractivity (Wildman–Crippen MR) is 59.0 cm³/mol. The standard InChI is InChI=1S/C9H8O5S2/c1-2-7(10)6-4-3-5-8(15(11)12)9(6)16(13)14/h2-5H,1H2,(H,11,12)(H,13,14). The zero-order valence-corrected chi connectivity index (χ0v) is 9.59. The highest BCUT2D eigenvalue weighted by Gasteiger charge is 2.20. The molecule has 2 N–H and O–H groups in total. The van der Waals surface area contributed by atoms with Crippen LogP contribution in [-0.4, -0.2) is 23.3 Å². The van der Waals surface area contributed by atoms with Gasteiger partial charge in [0.2, 0.25) is 0 Å². The smallest absolute Gasteiger partial charge is 0.188 e. The molecule has 86 valence electrons. The lowest BCUT2D eigenvalue weighted by atomic mass is 10.1. The van der Waals surface area contributed by atoms with E-state index in [4.69, 9.17) is 9.11 Å². The molecule has 0 aliphatic heterocycles. The molecule has 1 aromatic carbocycles. The van der Waals surface area contributed by atoms with Crippen molar-refractivity contribution in [1.29, 1.82) is 0 Å². The van der Waals surface area contributed by atoms with Gasteiger partial charge in [-0.15, -0.1) is 0 Å². The van der Waals surface area contributed by atoms with Gasteiger partial charge in [0.1, 0.15) is 0 Å². The predicted octanol–water partition coefficient (Wildman–Crippen LogP) is 1.22. The van der Waals surface area contributed by atoms with Gasteiger partial charge in [-0.1, -0.05) is 12.6 Å². The normalized spacial score (nSPS) is 14.1. The zero-order chi connectivity index (χ0) is 12.3. The summed E-state index contributed by atoms with van der Waals surface area (Å²) < 4.78 is 39.9. The van der Waals surface area contributed by atoms with Gasteiger partial charge in [-0.25, -0.2) is 8.42 Å². The van der Waals surface area contributed by atoms with Crippen molar-refractivity contribution in [2.45, 2.75) is 9.79 Å². The Morgan fingerprint density at radius 3 is 2.31 bits per heavy atom. The Morgan fingerprint density at radius 2 is 1.88 bits per heavy atom. The topological polar surface area (TPSA) is 91.7 Å². The first-order valence-electron chi connectivity index (χ1n) is 4.00. The maximum Gasteiger partial charge on any atom is 0.188 e. The highest BCUT2D eigenvalue weighted by molar-refractivity contribution is 7.82. The highest BCUT2D eigenvalue weighted by atomic mass is 32.2. The van der Waals surface area contributed by atoms with Gasteiger partial charge in [0.05, 0.1) is 9.79 Å². The molecule has 0 saturated heterocycles. The molecule has 0 saturated carbocycles. The van der Waals surface area contributed by atoms with Crippen LogP contribution in [0.1, 0.15) is 10.4 Å². The Morgan fingerprint density at radius 1 is 1.25 bits per heavy atom. The molecular weight excluding hydrogens is 252 g/mol. The second kappa shape index (κ2) is 5.26. The van der Waals surface area contributed by atoms with Crippen LogP contribution in [0.2, 0.25) is 0 Å². The lowest BCUT2D eigenvalue weighted by Gasteiger charge is -2.06. The molecule has 5 nitrogen and oxygen atoms in total. The number of allylic oxidation sites excluding steroid dienone is 1. The van der Waals surface area contributed by atoms with Crippen molar-refractivity contribution >= 4 is 27.9 Å². The van der Waals surface area contributed by atoms with Gasteiger partial charge in [-0.3, -0.25) is 4.79 Å². The maximum atomic E-state index is 11.4. The molecule has 0 aliphatic rings. The average Bonchev–Trinajstić information content (AvgIpc) is 2.26. The quantitative estimate of drug-likeness (QED) is 0.482. The number of rotatable bonds is 4. The number of benzene rings is 1. The third-order valence-corrected chi connectivity index (χ3v) is 3.43. The van der Waals surface area contributed by atoms with Gasteiger partial charge >= 0.3 is 0 Å². The fourth-order valence-corrected chi connectivity index (χ4v) is 2.63. The summed E-state index contributed by atoms with van der Waals surface area (Å²) in [6.07, 6.45) is 0.968. The van der Waals surface area contributed by atoms with Crippen LogP contribution >= 0.6 is 0 Å². The monoisotopic (exact) mass is 260 g/mol. The van der Waals surface area contributed by atoms with Crippen molar-refractivity contribution in [3.63, 3.8) is 0 Å². The van der Waals surface area contributed by atoms with Gasteiger partial charge in [-0.05, 0) is 18.2 Å². The molecule has 1 aromatic rings. The molecule has 1 rings (SSSR count). The van der Waals surface area contributed by atoms with E-state index in [1.807, 2.05) is 0 Å². The third kappa shape index (κ3) is 2.50. The Kier molecular flexibility index (Phi) is 4.25. The van der Waals surface area contributed by atoms with E-state index in [-0.39, 0.29) is 15.4 Å². The van der Waals surface area contributed by atoms with Crippen LogP contribution in [-0.2, 0) is 22.2 Å². The second-order valence-electron chi connectivity index (χ2n) is 2.70. The Bertz CT molecular complexity index is 495. The SMILES string of the molecule is C=CC(=O)c1cccc(S(=O)O)c1S(=O)O. The van der Waals surface area contributed by atoms with E-state index in [9.17, 15) is 13.2 Å². The number of hydrogen-bond donors (Lipinski definition) is 2. The van der Waals surface area contributed by atoms with Crippen molar-refractivity contribution < 1.29 is 22.3 Å². The number of carbonyl (C=O) groups is 1. The lowest BCUT2D eigenvalue weighted by Crippen LogP contribution is -2.07. The number of carbonyl (C=O) groups excluding carboxylic acids is 1. The van der Waals surface area contributed by atoms with Crippen LogP contribution in [0.4, 0.5) is 0 Å². The first kappa shape index (κ1) is 12.9. The Hall–Kier alpha value is -1.15. The summed E-state index contributed by atoms with van der Waals surface area (Å²) in [4.78, 5) is 10.8. The molecule has 2 atom stereocenters. The van der Waals surface area contributed by atoms with E-state index in [0.29, 0.717) is 0 Å². The van der Waals surface area contributed by atoms with Gasteiger partial charge in [0, 0.05) is 5.56 Å². The third-order valence-electron chi connectivity index (χ3n) is 1.79. The maximum absolute atomic E-state index is 11.4. The molecule has 0 heterocycles. The lowest BCUT2D eigenvalue weighted by molar-refractivity contribution is 0.104. The van der Waals surface area contributed by atoms with E-state index in [1.54, 1.807) is 0 Å². The van der Waals surface area contributed by atoms with Crippen molar-refractivity contribution in [3.8, 4) is 0 Å². The van der Waals surface area contributed by atoms with E-state index in [1.165, 1.54) is 18.2 Å². The number of ketones is 1. The summed E-state index contributed by atoms with van der Waals surface area (Å²) in [5.41, 5.74) is -0.101. The van der Waals surface area contributed by atoms with E-state index < -0.39 is 27.9 Å². The van der Waals surface area contributed by atoms with E-state index in [0.717, 1.165) is 6.08 Å². The molecule has 0 radical (unpaired) electrons. The molecular formula is C9H8O5S2. The zero-order valence-electron chi connectivity index (χ0n) is 7.95. The minimum Gasteiger partial charge on any atom is -0.302 e. The van der Waals surface area contributed by atoms with Crippen molar-refractivity contribution in [2.24, 2.45) is 0 Å². The minimum absolute atomic E-state index is 0.101. The van der Waals surface area contributed by atoms with Crippen molar-refractivity contribution in [1.82, 2.24) is 0 Å². The second-order valence-corrected chi connectivity index (χ2v) is 4.54. The molecule has 0 amide bonds. The van der Waals surface area contributed by atoms with Gasteiger partial charge in [-0.2, -0.15) is 0 Å². The fourth-order valence-electron chi connectivity index (χ4n) is 1.14. The molecule has 0 fully saturated rings. The van der Waals surface area contributed by atoms with Crippen LogP contribution in [0.15, 0.2) is 40.6 Å². The van der Waals surface area contributed by atoms with Gasteiger partial charge < -0.3 is 9.11 Å². The molecule has 2 unspecified atom stereocenters. The summed E-state index contributed by atoms with van der Waals surface area (Å²) >= 11 is -4.95.